The van der Waals surface area contributed by atoms with E-state index in [9.17, 15) is 0 Å². The van der Waals surface area contributed by atoms with Crippen molar-refractivity contribution in [2.24, 2.45) is 11.8 Å². The average molecular weight is 675 g/mol. The molecule has 2 atom stereocenters. The largest absolute Gasteiger partial charge is 0.484 e. The van der Waals surface area contributed by atoms with E-state index in [-0.39, 0.29) is 12.2 Å². The van der Waals surface area contributed by atoms with E-state index < -0.39 is 0 Å². The van der Waals surface area contributed by atoms with Crippen LogP contribution in [0.5, 0.6) is 11.5 Å². The van der Waals surface area contributed by atoms with Crippen molar-refractivity contribution >= 4 is 11.6 Å². The summed E-state index contributed by atoms with van der Waals surface area (Å²) in [4.78, 5) is 2.58. The highest BCUT2D eigenvalue weighted by atomic mass is 35.5. The summed E-state index contributed by atoms with van der Waals surface area (Å²) in [5, 5.41) is 4.27. The second-order valence-electron chi connectivity index (χ2n) is 14.1. The van der Waals surface area contributed by atoms with Crippen LogP contribution in [0.1, 0.15) is 66.0 Å². The highest BCUT2D eigenvalue weighted by Crippen LogP contribution is 2.40. The van der Waals surface area contributed by atoms with Crippen LogP contribution in [0, 0.1) is 11.8 Å². The van der Waals surface area contributed by atoms with Crippen molar-refractivity contribution in [3.8, 4) is 11.5 Å². The summed E-state index contributed by atoms with van der Waals surface area (Å²) in [7, 11) is 0. The molecule has 2 fully saturated rings. The van der Waals surface area contributed by atoms with Gasteiger partial charge in [0.05, 0.1) is 24.5 Å². The standard InChI is InChI=1S/C25H27ClN2O.C17H20N2O/c26-22-7-3-5-19(17-22)10-14-27-15-11-20(12-16-27)25-23-8-4-13-28(23)18-21-6-1-2-9-24(21)29-25;1-2-6-16-14(4-1)12-19-11-3-5-15(19)17(20-16)13-7-9-18-10-8-13/h1-9,13,17,20,25H,10-12,14-16,18H2;1-6,11,13,17-18H,7-10,12H2. The van der Waals surface area contributed by atoms with Gasteiger partial charge in [0.2, 0.25) is 0 Å². The Bertz CT molecular complexity index is 1830. The molecule has 254 valence electrons. The van der Waals surface area contributed by atoms with Crippen LogP contribution in [-0.4, -0.2) is 46.8 Å². The van der Waals surface area contributed by atoms with Gasteiger partial charge in [0.15, 0.2) is 0 Å². The summed E-state index contributed by atoms with van der Waals surface area (Å²) in [5.74, 6) is 3.26. The van der Waals surface area contributed by atoms with Crippen molar-refractivity contribution in [3.63, 3.8) is 0 Å². The molecule has 3 aromatic carbocycles. The highest BCUT2D eigenvalue weighted by molar-refractivity contribution is 6.30. The van der Waals surface area contributed by atoms with Gasteiger partial charge in [-0.3, -0.25) is 0 Å². The van der Waals surface area contributed by atoms with Crippen molar-refractivity contribution < 1.29 is 9.47 Å². The maximum atomic E-state index is 6.60. The first-order valence-electron chi connectivity index (χ1n) is 18.1. The molecule has 2 saturated heterocycles. The number of aromatic nitrogens is 2. The third-order valence-corrected chi connectivity index (χ3v) is 11.2. The van der Waals surface area contributed by atoms with E-state index in [2.05, 4.69) is 117 Å². The number of fused-ring (bicyclic) bond motifs is 4. The zero-order valence-electron chi connectivity index (χ0n) is 28.2. The number of hydrogen-bond donors (Lipinski definition) is 1. The Morgan fingerprint density at radius 3 is 1.80 bits per heavy atom. The first-order valence-corrected chi connectivity index (χ1v) is 18.5. The fourth-order valence-corrected chi connectivity index (χ4v) is 8.41. The van der Waals surface area contributed by atoms with Gasteiger partial charge in [-0.25, -0.2) is 0 Å². The molecule has 2 aromatic heterocycles. The predicted molar refractivity (Wildman–Crippen MR) is 197 cm³/mol. The van der Waals surface area contributed by atoms with Crippen molar-refractivity contribution in [1.82, 2.24) is 19.4 Å². The predicted octanol–water partition coefficient (Wildman–Crippen LogP) is 8.55. The van der Waals surface area contributed by atoms with Gasteiger partial charge >= 0.3 is 0 Å². The van der Waals surface area contributed by atoms with E-state index in [0.29, 0.717) is 11.8 Å². The Kier molecular flexibility index (Phi) is 9.79. The average Bonchev–Trinajstić information content (AvgIpc) is 3.73. The number of nitrogens with zero attached hydrogens (tertiary/aromatic N) is 3. The smallest absolute Gasteiger partial charge is 0.141 e. The SMILES string of the molecule is Clc1cccc(CCN2CCC(C3Oc4ccccc4Cn4cccc43)CC2)c1.c1ccc2c(c1)Cn1cccc1C(C1CCNCC1)O2. The van der Waals surface area contributed by atoms with Gasteiger partial charge in [-0.1, -0.05) is 60.1 Å². The van der Waals surface area contributed by atoms with E-state index in [1.54, 1.807) is 0 Å². The molecule has 2 unspecified atom stereocenters. The van der Waals surface area contributed by atoms with E-state index in [1.807, 2.05) is 12.1 Å². The Balaban J connectivity index is 0.000000152. The van der Waals surface area contributed by atoms with Gasteiger partial charge < -0.3 is 28.8 Å². The lowest BCUT2D eigenvalue weighted by Crippen LogP contribution is -2.38. The molecule has 1 N–H and O–H groups in total. The molecular weight excluding hydrogens is 628 g/mol. The molecular formula is C42H47ClN4O2. The first kappa shape index (κ1) is 32.2. The molecule has 6 heterocycles. The lowest BCUT2D eigenvalue weighted by molar-refractivity contribution is 0.0745. The number of rotatable bonds is 5. The maximum Gasteiger partial charge on any atom is 0.141 e. The molecule has 7 heteroatoms. The number of hydrogen-bond acceptors (Lipinski definition) is 4. The molecule has 0 amide bonds. The second-order valence-corrected chi connectivity index (χ2v) is 14.5. The van der Waals surface area contributed by atoms with Gasteiger partial charge in [0, 0.05) is 46.9 Å². The topological polar surface area (TPSA) is 43.6 Å². The third-order valence-electron chi connectivity index (χ3n) is 10.9. The summed E-state index contributed by atoms with van der Waals surface area (Å²) >= 11 is 6.12. The molecule has 0 saturated carbocycles. The summed E-state index contributed by atoms with van der Waals surface area (Å²) in [6.45, 7) is 7.38. The van der Waals surface area contributed by atoms with Crippen LogP contribution in [0.2, 0.25) is 5.02 Å². The molecule has 0 radical (unpaired) electrons. The van der Waals surface area contributed by atoms with E-state index in [0.717, 1.165) is 68.8 Å². The van der Waals surface area contributed by atoms with Crippen LogP contribution in [0.15, 0.2) is 109 Å². The Morgan fingerprint density at radius 2 is 1.20 bits per heavy atom. The molecule has 0 spiro atoms. The third kappa shape index (κ3) is 7.33. The second kappa shape index (κ2) is 14.9. The van der Waals surface area contributed by atoms with Crippen molar-refractivity contribution in [2.45, 2.75) is 57.4 Å². The zero-order chi connectivity index (χ0) is 33.0. The van der Waals surface area contributed by atoms with Crippen LogP contribution in [0.25, 0.3) is 0 Å². The molecule has 9 rings (SSSR count). The summed E-state index contributed by atoms with van der Waals surface area (Å²) in [5.41, 5.74) is 6.51. The Morgan fingerprint density at radius 1 is 0.633 bits per heavy atom. The fourth-order valence-electron chi connectivity index (χ4n) is 8.20. The fraction of sp³-hybridized carbons (Fsp3) is 0.381. The van der Waals surface area contributed by atoms with Crippen LogP contribution in [-0.2, 0) is 19.5 Å². The lowest BCUT2D eigenvalue weighted by atomic mass is 9.89. The molecule has 5 aromatic rings. The van der Waals surface area contributed by atoms with Gasteiger partial charge in [-0.15, -0.1) is 0 Å². The molecule has 4 aliphatic rings. The van der Waals surface area contributed by atoms with E-state index in [1.165, 1.54) is 53.8 Å². The number of para-hydroxylation sites is 2. The Hall–Kier alpha value is -3.97. The quantitative estimate of drug-likeness (QED) is 0.203. The molecule has 0 aliphatic carbocycles. The van der Waals surface area contributed by atoms with Crippen molar-refractivity contribution in [2.75, 3.05) is 32.7 Å². The number of halogens is 1. The van der Waals surface area contributed by atoms with Gasteiger partial charge in [-0.2, -0.15) is 0 Å². The normalized spacial score (nSPS) is 20.9. The number of benzene rings is 3. The zero-order valence-corrected chi connectivity index (χ0v) is 29.0. The summed E-state index contributed by atoms with van der Waals surface area (Å²) in [6.07, 6.45) is 10.5. The van der Waals surface area contributed by atoms with Crippen molar-refractivity contribution in [3.05, 3.63) is 143 Å². The minimum absolute atomic E-state index is 0.142. The van der Waals surface area contributed by atoms with Crippen LogP contribution in [0.4, 0.5) is 0 Å². The van der Waals surface area contributed by atoms with E-state index in [4.69, 9.17) is 21.1 Å². The van der Waals surface area contributed by atoms with Crippen LogP contribution < -0.4 is 14.8 Å². The minimum atomic E-state index is 0.142. The molecule has 4 aliphatic heterocycles. The summed E-state index contributed by atoms with van der Waals surface area (Å²) < 4.78 is 17.7. The Labute approximate surface area is 295 Å². The monoisotopic (exact) mass is 674 g/mol. The molecule has 6 nitrogen and oxygen atoms in total. The number of nitrogens with one attached hydrogen (secondary N) is 1. The highest BCUT2D eigenvalue weighted by Gasteiger charge is 2.33. The van der Waals surface area contributed by atoms with Gasteiger partial charge in [0.1, 0.15) is 23.7 Å². The minimum Gasteiger partial charge on any atom is -0.484 e. The molecule has 49 heavy (non-hydrogen) atoms. The van der Waals surface area contributed by atoms with E-state index >= 15 is 0 Å². The van der Waals surface area contributed by atoms with Gasteiger partial charge in [-0.05, 0) is 112 Å². The number of likely N-dealkylation sites (tertiary alicyclic amines) is 1. The first-order chi connectivity index (χ1) is 24.2. The maximum absolute atomic E-state index is 6.60. The van der Waals surface area contributed by atoms with Gasteiger partial charge in [0.25, 0.3) is 0 Å². The number of ether oxygens (including phenoxy) is 2. The lowest BCUT2D eigenvalue weighted by Gasteiger charge is -2.36. The number of piperidine rings is 2. The summed E-state index contributed by atoms with van der Waals surface area (Å²) in [6, 6.07) is 33.9. The molecule has 0 bridgehead atoms. The van der Waals surface area contributed by atoms with Crippen LogP contribution >= 0.6 is 11.6 Å². The van der Waals surface area contributed by atoms with Crippen molar-refractivity contribution in [1.29, 1.82) is 0 Å². The van der Waals surface area contributed by atoms with Crippen LogP contribution in [0.3, 0.4) is 0 Å².